The molecule has 0 radical (unpaired) electrons. The minimum atomic E-state index is -0.162. The molecule has 0 aliphatic rings. The van der Waals surface area contributed by atoms with Gasteiger partial charge in [0, 0.05) is 35.3 Å². The van der Waals surface area contributed by atoms with Crippen molar-refractivity contribution in [3.63, 3.8) is 0 Å². The number of hydrogen-bond acceptors (Lipinski definition) is 6. The van der Waals surface area contributed by atoms with Gasteiger partial charge in [-0.15, -0.1) is 22.7 Å². The molecule has 0 atom stereocenters. The highest BCUT2D eigenvalue weighted by atomic mass is 32.1. The minimum Gasteiger partial charge on any atom is -0.469 e. The topological polar surface area (TPSA) is 56.5 Å². The number of aryl methyl sites for hydroxylation is 1. The van der Waals surface area contributed by atoms with Crippen LogP contribution in [0.4, 0.5) is 0 Å². The standard InChI is InChI=1S/C13H13N3O2S2/c1-18-11(17)4-2-3-9-8-20-13-15-10(7-16(9)13)12-14-5-6-19-12/h5-8H,2-4H2,1H3. The summed E-state index contributed by atoms with van der Waals surface area (Å²) in [5.41, 5.74) is 2.07. The fraction of sp³-hybridized carbons (Fsp3) is 0.308. The first-order valence-corrected chi connectivity index (χ1v) is 7.96. The summed E-state index contributed by atoms with van der Waals surface area (Å²) in [4.78, 5) is 20.9. The molecule has 3 heterocycles. The van der Waals surface area contributed by atoms with Gasteiger partial charge in [-0.3, -0.25) is 9.20 Å². The number of aromatic nitrogens is 3. The van der Waals surface area contributed by atoms with Gasteiger partial charge in [0.1, 0.15) is 10.7 Å². The van der Waals surface area contributed by atoms with Crippen LogP contribution in [0.5, 0.6) is 0 Å². The lowest BCUT2D eigenvalue weighted by Gasteiger charge is -1.99. The molecule has 104 valence electrons. The summed E-state index contributed by atoms with van der Waals surface area (Å²) < 4.78 is 6.73. The number of carbonyl (C=O) groups is 1. The van der Waals surface area contributed by atoms with E-state index in [2.05, 4.69) is 24.5 Å². The highest BCUT2D eigenvalue weighted by Crippen LogP contribution is 2.25. The summed E-state index contributed by atoms with van der Waals surface area (Å²) in [6.45, 7) is 0. The smallest absolute Gasteiger partial charge is 0.305 e. The van der Waals surface area contributed by atoms with Crippen LogP contribution in [0.2, 0.25) is 0 Å². The van der Waals surface area contributed by atoms with E-state index in [0.717, 1.165) is 28.5 Å². The lowest BCUT2D eigenvalue weighted by atomic mass is 10.2. The molecular weight excluding hydrogens is 294 g/mol. The molecular formula is C13H13N3O2S2. The number of rotatable bonds is 5. The predicted molar refractivity (Wildman–Crippen MR) is 79.1 cm³/mol. The number of carbonyl (C=O) groups excluding carboxylic acids is 1. The number of imidazole rings is 1. The molecule has 0 saturated carbocycles. The van der Waals surface area contributed by atoms with Gasteiger partial charge in [-0.05, 0) is 12.8 Å². The molecule has 0 N–H and O–H groups in total. The van der Waals surface area contributed by atoms with Gasteiger partial charge in [0.05, 0.1) is 7.11 Å². The zero-order valence-corrected chi connectivity index (χ0v) is 12.5. The Hall–Kier alpha value is -1.73. The van der Waals surface area contributed by atoms with E-state index >= 15 is 0 Å². The Morgan fingerprint density at radius 2 is 2.35 bits per heavy atom. The fourth-order valence-corrected chi connectivity index (χ4v) is 3.48. The quantitative estimate of drug-likeness (QED) is 0.680. The number of nitrogens with zero attached hydrogens (tertiary/aromatic N) is 3. The van der Waals surface area contributed by atoms with Gasteiger partial charge in [0.25, 0.3) is 0 Å². The molecule has 0 aromatic carbocycles. The third-order valence-electron chi connectivity index (χ3n) is 2.98. The average Bonchev–Trinajstić information content (AvgIpc) is 3.15. The third-order valence-corrected chi connectivity index (χ3v) is 4.66. The molecule has 0 spiro atoms. The van der Waals surface area contributed by atoms with Crippen LogP contribution >= 0.6 is 22.7 Å². The molecule has 0 fully saturated rings. The van der Waals surface area contributed by atoms with Crippen molar-refractivity contribution in [2.24, 2.45) is 0 Å². The van der Waals surface area contributed by atoms with E-state index in [-0.39, 0.29) is 5.97 Å². The van der Waals surface area contributed by atoms with E-state index in [1.54, 1.807) is 28.9 Å². The molecule has 3 aromatic rings. The maximum absolute atomic E-state index is 11.1. The van der Waals surface area contributed by atoms with E-state index in [1.807, 2.05) is 11.6 Å². The van der Waals surface area contributed by atoms with E-state index in [9.17, 15) is 4.79 Å². The van der Waals surface area contributed by atoms with Crippen molar-refractivity contribution in [3.8, 4) is 10.7 Å². The monoisotopic (exact) mass is 307 g/mol. The second kappa shape index (κ2) is 5.72. The number of methoxy groups -OCH3 is 1. The van der Waals surface area contributed by atoms with Crippen LogP contribution in [-0.4, -0.2) is 27.4 Å². The van der Waals surface area contributed by atoms with Gasteiger partial charge in [-0.25, -0.2) is 9.97 Å². The molecule has 0 saturated heterocycles. The minimum absolute atomic E-state index is 0.162. The molecule has 0 unspecified atom stereocenters. The van der Waals surface area contributed by atoms with Crippen molar-refractivity contribution < 1.29 is 9.53 Å². The summed E-state index contributed by atoms with van der Waals surface area (Å²) in [6, 6.07) is 0. The summed E-state index contributed by atoms with van der Waals surface area (Å²) in [5, 5.41) is 4.96. The average molecular weight is 307 g/mol. The van der Waals surface area contributed by atoms with Gasteiger partial charge in [-0.2, -0.15) is 0 Å². The summed E-state index contributed by atoms with van der Waals surface area (Å²) in [6.07, 6.45) is 5.86. The number of fused-ring (bicyclic) bond motifs is 1. The Morgan fingerprint density at radius 1 is 1.45 bits per heavy atom. The van der Waals surface area contributed by atoms with E-state index in [4.69, 9.17) is 0 Å². The lowest BCUT2D eigenvalue weighted by Crippen LogP contribution is -2.01. The molecule has 5 nitrogen and oxygen atoms in total. The van der Waals surface area contributed by atoms with Crippen molar-refractivity contribution in [1.29, 1.82) is 0 Å². The molecule has 20 heavy (non-hydrogen) atoms. The zero-order chi connectivity index (χ0) is 13.9. The van der Waals surface area contributed by atoms with Crippen molar-refractivity contribution >= 4 is 33.6 Å². The van der Waals surface area contributed by atoms with Crippen LogP contribution in [0.1, 0.15) is 18.5 Å². The number of thiazole rings is 2. The molecule has 0 amide bonds. The first-order valence-electron chi connectivity index (χ1n) is 6.20. The van der Waals surface area contributed by atoms with Crippen LogP contribution < -0.4 is 0 Å². The largest absolute Gasteiger partial charge is 0.469 e. The van der Waals surface area contributed by atoms with E-state index in [0.29, 0.717) is 6.42 Å². The first-order chi connectivity index (χ1) is 9.78. The highest BCUT2D eigenvalue weighted by molar-refractivity contribution is 7.15. The summed E-state index contributed by atoms with van der Waals surface area (Å²) in [5.74, 6) is -0.162. The molecule has 0 bridgehead atoms. The number of esters is 1. The van der Waals surface area contributed by atoms with Crippen LogP contribution in [0, 0.1) is 0 Å². The third kappa shape index (κ3) is 2.59. The Balaban J connectivity index is 1.77. The Kier molecular flexibility index (Phi) is 3.79. The van der Waals surface area contributed by atoms with E-state index in [1.165, 1.54) is 12.8 Å². The maximum Gasteiger partial charge on any atom is 0.305 e. The summed E-state index contributed by atoms with van der Waals surface area (Å²) >= 11 is 3.19. The fourth-order valence-electron chi connectivity index (χ4n) is 1.98. The Labute approximate surface area is 123 Å². The first kappa shape index (κ1) is 13.3. The normalized spacial score (nSPS) is 11.1. The summed E-state index contributed by atoms with van der Waals surface area (Å²) in [7, 11) is 1.42. The zero-order valence-electron chi connectivity index (χ0n) is 10.9. The number of hydrogen-bond donors (Lipinski definition) is 0. The van der Waals surface area contributed by atoms with Crippen LogP contribution in [0.3, 0.4) is 0 Å². The van der Waals surface area contributed by atoms with Gasteiger partial charge in [0.15, 0.2) is 4.96 Å². The van der Waals surface area contributed by atoms with Gasteiger partial charge < -0.3 is 4.74 Å². The van der Waals surface area contributed by atoms with Crippen LogP contribution in [-0.2, 0) is 16.0 Å². The molecule has 0 aliphatic heterocycles. The second-order valence-corrected chi connectivity index (χ2v) is 6.00. The molecule has 3 aromatic heterocycles. The maximum atomic E-state index is 11.1. The Bertz CT molecular complexity index is 715. The van der Waals surface area contributed by atoms with Crippen LogP contribution in [0.25, 0.3) is 15.7 Å². The molecule has 3 rings (SSSR count). The van der Waals surface area contributed by atoms with E-state index < -0.39 is 0 Å². The SMILES string of the molecule is COC(=O)CCCc1csc2nc(-c3nccs3)cn12. The number of ether oxygens (including phenoxy) is 1. The molecule has 7 heteroatoms. The predicted octanol–water partition coefficient (Wildman–Crippen LogP) is 3.02. The second-order valence-electron chi connectivity index (χ2n) is 4.27. The van der Waals surface area contributed by atoms with Crippen molar-refractivity contribution in [2.75, 3.05) is 7.11 Å². The molecule has 0 aliphatic carbocycles. The van der Waals surface area contributed by atoms with Crippen molar-refractivity contribution in [3.05, 3.63) is 28.8 Å². The van der Waals surface area contributed by atoms with Crippen molar-refractivity contribution in [2.45, 2.75) is 19.3 Å². The Morgan fingerprint density at radius 3 is 3.10 bits per heavy atom. The van der Waals surface area contributed by atoms with Crippen LogP contribution in [0.15, 0.2) is 23.2 Å². The van der Waals surface area contributed by atoms with Gasteiger partial charge in [-0.1, -0.05) is 0 Å². The van der Waals surface area contributed by atoms with Crippen molar-refractivity contribution in [1.82, 2.24) is 14.4 Å². The highest BCUT2D eigenvalue weighted by Gasteiger charge is 2.11. The lowest BCUT2D eigenvalue weighted by molar-refractivity contribution is -0.140. The van der Waals surface area contributed by atoms with Gasteiger partial charge >= 0.3 is 5.97 Å². The van der Waals surface area contributed by atoms with Gasteiger partial charge in [0.2, 0.25) is 0 Å².